The van der Waals surface area contributed by atoms with Crippen molar-refractivity contribution in [3.8, 4) is 0 Å². The van der Waals surface area contributed by atoms with E-state index >= 15 is 0 Å². The molecular weight excluding hydrogens is 1880 g/mol. The summed E-state index contributed by atoms with van der Waals surface area (Å²) in [7, 11) is 29.0. The second kappa shape index (κ2) is 64.4. The molecule has 0 aromatic carbocycles. The Bertz CT molecular complexity index is 3420. The number of rotatable bonds is 20. The number of hydrogen-bond donors (Lipinski definition) is 10. The highest BCUT2D eigenvalue weighted by atomic mass is 18.1. The molecule has 0 aromatic rings. The van der Waals surface area contributed by atoms with E-state index in [9.17, 15) is 95.9 Å². The third kappa shape index (κ3) is 40.2. The van der Waals surface area contributed by atoms with Crippen LogP contribution in [0.2, 0.25) is 0 Å². The van der Waals surface area contributed by atoms with E-state index in [1.165, 1.54) is 0 Å². The van der Waals surface area contributed by atoms with Crippen LogP contribution in [0.15, 0.2) is 0 Å². The van der Waals surface area contributed by atoms with Gasteiger partial charge in [-0.1, -0.05) is 34.6 Å². The van der Waals surface area contributed by atoms with Crippen LogP contribution in [0.1, 0.15) is 200 Å². The fraction of sp³-hybridized carbons (Fsp3) is 0.778. The molecule has 10 aliphatic rings. The lowest BCUT2D eigenvalue weighted by molar-refractivity contribution is -0.172. The molecule has 0 aliphatic carbocycles. The van der Waals surface area contributed by atoms with Gasteiger partial charge in [-0.3, -0.25) is 121 Å². The van der Waals surface area contributed by atoms with E-state index in [2.05, 4.69) is 231 Å². The predicted octanol–water partition coefficient (Wildman–Crippen LogP) is -0.291. The number of piperazine rings is 5. The first-order valence-electron chi connectivity index (χ1n) is 47.9. The van der Waals surface area contributed by atoms with Gasteiger partial charge in [0.25, 0.3) is 59.1 Å². The number of likely N-dealkylation sites (N-methyl/N-ethyl adjacent to an activating group) is 15. The summed E-state index contributed by atoms with van der Waals surface area (Å²) >= 11 is 0. The third-order valence-corrected chi connectivity index (χ3v) is 25.2. The first-order chi connectivity index (χ1) is 65.7. The van der Waals surface area contributed by atoms with E-state index in [1.54, 1.807) is 35.2 Å². The molecule has 10 saturated heterocycles. The number of carbonyl (C=O) groups is 20. The zero-order valence-corrected chi connectivity index (χ0v) is 88.3. The lowest BCUT2D eigenvalue weighted by Gasteiger charge is -2.46. The van der Waals surface area contributed by atoms with Gasteiger partial charge in [-0.15, -0.1) is 25.3 Å². The Hall–Kier alpha value is -11.0. The van der Waals surface area contributed by atoms with E-state index in [1.807, 2.05) is 69.9 Å². The van der Waals surface area contributed by atoms with E-state index in [4.69, 9.17) is 0 Å². The lowest BCUT2D eigenvalue weighted by atomic mass is 10.0. The molecule has 15 unspecified atom stereocenters. The Kier molecular flexibility index (Phi) is 58.5. The molecule has 10 fully saturated rings. The number of carbonyl (C=O) groups excluding carboxylic acids is 20. The van der Waals surface area contributed by atoms with Gasteiger partial charge >= 0.3 is 30.5 Å². The molecule has 140 heavy (non-hydrogen) atoms. The van der Waals surface area contributed by atoms with Gasteiger partial charge in [0.05, 0.1) is 0 Å². The molecule has 800 valence electrons. The molecular formula is C90H165N25O25. The fourth-order valence-electron chi connectivity index (χ4n) is 16.1. The summed E-state index contributed by atoms with van der Waals surface area (Å²) in [6.07, 6.45) is 1.07. The maximum atomic E-state index is 11.7. The normalized spacial score (nSPS) is 25.8. The standard InChI is InChI=1S/5C10H21N3O.5C8H12N2O4/c5*1-7-6-12(4)9(10(14)11-3)8(2)13(7)5;5*1-2-5-9-8(13)14-10-6(11)3-4-7(10)12/h5*7-9H,6H2,1-5H3,(H,11,14);5*2-5H2,1H3,(H,9,13)/i2*3+1,4+1,5+1,11+1,12+1,13+1;3+1,4+1,11+1,12+1,13+1;3+1,4+1,5+1,6+1,11+1;3+1,4+1,5+1,11+1;1+1,2+1,5+1,9+1,13+2;1+1,2+1,5+1,8+1,9+1;3*1+1,2+1,5+1,9+1. The number of nitrogens with one attached hydrogen (secondary N) is 10. The summed E-state index contributed by atoms with van der Waals surface area (Å²) < 4.78 is 0. The molecule has 15 atom stereocenters. The van der Waals surface area contributed by atoms with Crippen LogP contribution in [0, 0.1) is 0 Å². The third-order valence-electron chi connectivity index (χ3n) is 25.2. The molecule has 10 rings (SSSR count). The Balaban J connectivity index is 0.000000778. The van der Waals surface area contributed by atoms with Crippen molar-refractivity contribution in [2.75, 3.05) is 171 Å². The Morgan fingerprint density at radius 3 is 0.521 bits per heavy atom. The van der Waals surface area contributed by atoms with Gasteiger partial charge in [0.2, 0.25) is 29.5 Å². The van der Waals surface area contributed by atoms with Gasteiger partial charge in [-0.2, -0.15) is 0 Å². The quantitative estimate of drug-likeness (QED) is 0.0324. The molecule has 0 bridgehead atoms. The summed E-state index contributed by atoms with van der Waals surface area (Å²) in [6.45, 7) is 37.8. The fourth-order valence-corrected chi connectivity index (χ4v) is 16.1. The second-order valence-corrected chi connectivity index (χ2v) is 35.7. The summed E-state index contributed by atoms with van der Waals surface area (Å²) in [5.41, 5.74) is 0. The van der Waals surface area contributed by atoms with Crippen LogP contribution in [0.5, 0.6) is 0 Å². The van der Waals surface area contributed by atoms with Crippen molar-refractivity contribution in [1.82, 2.24) is 127 Å². The summed E-state index contributed by atoms with van der Waals surface area (Å²) in [4.78, 5) is 268. The largest absolute Gasteiger partial charge is 0.432 e. The SMILES string of the molecule is CC1CN([13CH3])C(C(=O)[15NH][13CH3])C(C)N1[13CH3].CC1C[15N]([13CH3])C(C(=O)[15NH][13CH3])C(C)[15N]1C.CC1C[15N]([13CH3])C(C(=O)[15NH][13CH3])C(C)[15N]1[13CH3].CC1C[15N]([13CH3])C(C(=O)[15NH][13CH3])C(C)[15N]1[13CH3].CC1[13CH2]N([13CH3])C(C(=O)[15NH][13CH3])C(C)N1[13CH3].[13CH3][13CH2][13CH2][15NH]C(=O)ON1C(=O)CCC1=O.[13CH3][13CH2][13CH2][15NH]C(=O)ON1C(=O)CCC1=O.[13CH3][13CH2][13CH2][15NH]C(=O)ON1C(=O)CCC1=O.[13CH3][13CH2][13CH2][15NH]C(=[18O])ON1C(=O)CCC1=O.[13CH3][13CH2][13CH2][15NH][13C](=O)ON1C(=O)CCC1=O. The predicted molar refractivity (Wildman–Crippen MR) is 515 cm³/mol. The molecule has 0 saturated carbocycles. The average molecular weight is 2050 g/mol. The van der Waals surface area contributed by atoms with Crippen LogP contribution in [0.3, 0.4) is 0 Å². The molecule has 10 heterocycles. The van der Waals surface area contributed by atoms with Crippen LogP contribution in [0.4, 0.5) is 24.0 Å². The molecule has 0 radical (unpaired) electrons. The van der Waals surface area contributed by atoms with Crippen molar-refractivity contribution >= 4 is 119 Å². The van der Waals surface area contributed by atoms with E-state index in [0.717, 1.165) is 64.8 Å². The van der Waals surface area contributed by atoms with Crippen LogP contribution in [-0.2, 0) is 96.1 Å². The van der Waals surface area contributed by atoms with Crippen molar-refractivity contribution < 1.29 is 120 Å². The van der Waals surface area contributed by atoms with E-state index < -0.39 is 89.5 Å². The molecule has 20 amide bonds. The first-order valence-corrected chi connectivity index (χ1v) is 47.9. The van der Waals surface area contributed by atoms with E-state index in [0.29, 0.717) is 88.2 Å². The second-order valence-electron chi connectivity index (χ2n) is 35.7. The summed E-state index contributed by atoms with van der Waals surface area (Å²) in [5.74, 6) is -4.16. The number of nitrogens with zero attached hydrogens (tertiary/aromatic N) is 15. The highest BCUT2D eigenvalue weighted by molar-refractivity contribution is 6.04. The molecule has 50 nitrogen and oxygen atoms in total. The van der Waals surface area contributed by atoms with Gasteiger partial charge in [0.1, 0.15) is 30.2 Å². The van der Waals surface area contributed by atoms with Crippen molar-refractivity contribution in [3.05, 3.63) is 0 Å². The van der Waals surface area contributed by atoms with Crippen LogP contribution >= 0.6 is 0 Å². The summed E-state index contributed by atoms with van der Waals surface area (Å²) in [5, 5.41) is 28.2. The van der Waals surface area contributed by atoms with Crippen LogP contribution in [-0.4, -0.2) is 455 Å². The van der Waals surface area contributed by atoms with Crippen molar-refractivity contribution in [3.63, 3.8) is 0 Å². The average Bonchev–Trinajstić information content (AvgIpc) is 1.20. The van der Waals surface area contributed by atoms with Gasteiger partial charge in [-0.25, -0.2) is 24.0 Å². The van der Waals surface area contributed by atoms with Gasteiger partial charge in [-0.05, 0) is 172 Å². The minimum Gasteiger partial charge on any atom is -0.358 e. The first kappa shape index (κ1) is 127. The highest BCUT2D eigenvalue weighted by Gasteiger charge is 2.45. The zero-order valence-electron chi connectivity index (χ0n) is 88.3. The monoisotopic (exact) mass is 2050 g/mol. The molecule has 50 heteroatoms. The number of amides is 20. The minimum absolute atomic E-state index is 0.0267. The van der Waals surface area contributed by atoms with Gasteiger partial charge < -0.3 is 77.4 Å². The topological polar surface area (TPSA) is 556 Å². The smallest absolute Gasteiger partial charge is 0.358 e. The Morgan fingerprint density at radius 1 is 0.250 bits per heavy atom. The van der Waals surface area contributed by atoms with Gasteiger partial charge in [0, 0.05) is 225 Å². The minimum atomic E-state index is -0.768. The van der Waals surface area contributed by atoms with E-state index in [-0.39, 0.29) is 154 Å². The van der Waals surface area contributed by atoms with Crippen molar-refractivity contribution in [2.24, 2.45) is 0 Å². The zero-order chi connectivity index (χ0) is 107. The van der Waals surface area contributed by atoms with Gasteiger partial charge in [0.15, 0.2) is 0 Å². The molecule has 10 aliphatic heterocycles. The lowest BCUT2D eigenvalue weighted by Crippen LogP contribution is -2.63. The Labute approximate surface area is 825 Å². The molecule has 0 aromatic heterocycles. The maximum Gasteiger partial charge on any atom is 0.432 e. The highest BCUT2D eigenvalue weighted by Crippen LogP contribution is 2.25. The number of imide groups is 5. The summed E-state index contributed by atoms with van der Waals surface area (Å²) in [6, 6.07) is 3.75. The van der Waals surface area contributed by atoms with Crippen LogP contribution in [0.25, 0.3) is 0 Å². The number of hydrogen-bond acceptors (Lipinski definition) is 35. The Morgan fingerprint density at radius 2 is 0.386 bits per heavy atom. The molecule has 0 spiro atoms. The maximum absolute atomic E-state index is 11.7. The van der Waals surface area contributed by atoms with Crippen LogP contribution < -0.4 is 53.2 Å². The van der Waals surface area contributed by atoms with Crippen molar-refractivity contribution in [1.29, 1.82) is 0 Å². The van der Waals surface area contributed by atoms with Crippen molar-refractivity contribution in [2.45, 2.75) is 291 Å². The molecule has 10 N–H and O–H groups in total. The number of hydroxylamine groups is 10.